The molecule has 5 heteroatoms. The molecule has 1 fully saturated rings. The van der Waals surface area contributed by atoms with E-state index in [4.69, 9.17) is 0 Å². The number of carbonyl (C=O) groups excluding carboxylic acids is 1. The van der Waals surface area contributed by atoms with Crippen LogP contribution in [0.3, 0.4) is 0 Å². The maximum absolute atomic E-state index is 11.9. The van der Waals surface area contributed by atoms with Crippen molar-refractivity contribution < 1.29 is 4.79 Å². The van der Waals surface area contributed by atoms with Crippen LogP contribution in [-0.2, 0) is 7.05 Å². The van der Waals surface area contributed by atoms with Gasteiger partial charge in [-0.05, 0) is 38.3 Å². The molecule has 0 saturated heterocycles. The molecule has 106 valence electrons. The Balaban J connectivity index is 1.72. The van der Waals surface area contributed by atoms with Crippen molar-refractivity contribution >= 4 is 17.1 Å². The molecule has 1 aliphatic carbocycles. The van der Waals surface area contributed by atoms with Gasteiger partial charge in [0.05, 0.1) is 17.1 Å². The standard InChI is InChI=1S/C15H20N4O/c1-10(16-15(20)17-11-6-5-7-11)14-18-12-8-3-4-9-13(12)19(14)2/h3-4,8-11H,5-7H2,1-2H3,(H2,16,17,20)/t10-/m0/s1. The summed E-state index contributed by atoms with van der Waals surface area (Å²) >= 11 is 0. The maximum Gasteiger partial charge on any atom is 0.315 e. The van der Waals surface area contributed by atoms with Crippen molar-refractivity contribution in [2.24, 2.45) is 7.05 Å². The van der Waals surface area contributed by atoms with Crippen molar-refractivity contribution in [2.75, 3.05) is 0 Å². The minimum absolute atomic E-state index is 0.103. The lowest BCUT2D eigenvalue weighted by molar-refractivity contribution is 0.225. The van der Waals surface area contributed by atoms with Crippen LogP contribution in [0.2, 0.25) is 0 Å². The topological polar surface area (TPSA) is 59.0 Å². The second-order valence-electron chi connectivity index (χ2n) is 5.49. The Bertz CT molecular complexity index is 630. The smallest absolute Gasteiger partial charge is 0.315 e. The van der Waals surface area contributed by atoms with Crippen molar-refractivity contribution in [1.29, 1.82) is 0 Å². The van der Waals surface area contributed by atoms with E-state index in [2.05, 4.69) is 15.6 Å². The van der Waals surface area contributed by atoms with Gasteiger partial charge < -0.3 is 15.2 Å². The number of nitrogens with one attached hydrogen (secondary N) is 2. The Morgan fingerprint density at radius 2 is 2.15 bits per heavy atom. The minimum atomic E-state index is -0.118. The molecular formula is C15H20N4O. The minimum Gasteiger partial charge on any atom is -0.335 e. The first-order valence-electron chi connectivity index (χ1n) is 7.13. The average Bonchev–Trinajstić information content (AvgIpc) is 2.72. The number of hydrogen-bond acceptors (Lipinski definition) is 2. The van der Waals surface area contributed by atoms with Crippen LogP contribution in [0.15, 0.2) is 24.3 Å². The molecule has 0 radical (unpaired) electrons. The second kappa shape index (κ2) is 5.15. The molecule has 0 unspecified atom stereocenters. The van der Waals surface area contributed by atoms with E-state index in [0.29, 0.717) is 6.04 Å². The van der Waals surface area contributed by atoms with E-state index in [0.717, 1.165) is 29.7 Å². The summed E-state index contributed by atoms with van der Waals surface area (Å²) in [4.78, 5) is 16.5. The number of benzene rings is 1. The van der Waals surface area contributed by atoms with Crippen LogP contribution in [0.5, 0.6) is 0 Å². The lowest BCUT2D eigenvalue weighted by Crippen LogP contribution is -2.46. The SMILES string of the molecule is C[C@H](NC(=O)NC1CCC1)c1nc2ccccc2n1C. The van der Waals surface area contributed by atoms with Gasteiger partial charge in [-0.2, -0.15) is 0 Å². The molecule has 2 N–H and O–H groups in total. The lowest BCUT2D eigenvalue weighted by atomic mass is 9.93. The zero-order valence-corrected chi connectivity index (χ0v) is 11.9. The van der Waals surface area contributed by atoms with E-state index in [1.807, 2.05) is 42.8 Å². The number of urea groups is 1. The predicted octanol–water partition coefficient (Wildman–Crippen LogP) is 2.49. The van der Waals surface area contributed by atoms with Crippen molar-refractivity contribution in [2.45, 2.75) is 38.3 Å². The summed E-state index contributed by atoms with van der Waals surface area (Å²) in [7, 11) is 1.98. The maximum atomic E-state index is 11.9. The summed E-state index contributed by atoms with van der Waals surface area (Å²) in [5, 5.41) is 5.95. The number of nitrogens with zero attached hydrogens (tertiary/aromatic N) is 2. The number of hydrogen-bond donors (Lipinski definition) is 2. The molecule has 5 nitrogen and oxygen atoms in total. The highest BCUT2D eigenvalue weighted by Gasteiger charge is 2.21. The highest BCUT2D eigenvalue weighted by Crippen LogP contribution is 2.20. The average molecular weight is 272 g/mol. The van der Waals surface area contributed by atoms with Gasteiger partial charge in [0, 0.05) is 13.1 Å². The van der Waals surface area contributed by atoms with Crippen LogP contribution in [0.25, 0.3) is 11.0 Å². The number of aromatic nitrogens is 2. The van der Waals surface area contributed by atoms with Gasteiger partial charge in [-0.3, -0.25) is 0 Å². The molecule has 0 aliphatic heterocycles. The highest BCUT2D eigenvalue weighted by atomic mass is 16.2. The van der Waals surface area contributed by atoms with E-state index in [-0.39, 0.29) is 12.1 Å². The Morgan fingerprint density at radius 1 is 1.40 bits per heavy atom. The molecule has 1 aromatic heterocycles. The van der Waals surface area contributed by atoms with Gasteiger partial charge in [0.1, 0.15) is 5.82 Å². The van der Waals surface area contributed by atoms with Gasteiger partial charge in [-0.15, -0.1) is 0 Å². The summed E-state index contributed by atoms with van der Waals surface area (Å²) < 4.78 is 2.03. The third-order valence-corrected chi connectivity index (χ3v) is 4.00. The van der Waals surface area contributed by atoms with Gasteiger partial charge in [-0.1, -0.05) is 12.1 Å². The number of imidazole rings is 1. The number of carbonyl (C=O) groups is 1. The molecule has 2 amide bonds. The predicted molar refractivity (Wildman–Crippen MR) is 78.4 cm³/mol. The van der Waals surface area contributed by atoms with E-state index in [1.54, 1.807) is 0 Å². The second-order valence-corrected chi connectivity index (χ2v) is 5.49. The number of fused-ring (bicyclic) bond motifs is 1. The van der Waals surface area contributed by atoms with Crippen LogP contribution >= 0.6 is 0 Å². The zero-order valence-electron chi connectivity index (χ0n) is 11.9. The summed E-state index contributed by atoms with van der Waals surface area (Å²) in [6, 6.07) is 8.12. The summed E-state index contributed by atoms with van der Waals surface area (Å²) in [6.07, 6.45) is 3.40. The van der Waals surface area contributed by atoms with Crippen molar-refractivity contribution in [3.8, 4) is 0 Å². The van der Waals surface area contributed by atoms with Gasteiger partial charge in [0.15, 0.2) is 0 Å². The van der Waals surface area contributed by atoms with Crippen molar-refractivity contribution in [3.05, 3.63) is 30.1 Å². The Labute approximate surface area is 118 Å². The molecule has 1 aliphatic rings. The van der Waals surface area contributed by atoms with Gasteiger partial charge >= 0.3 is 6.03 Å². The number of amides is 2. The van der Waals surface area contributed by atoms with Gasteiger partial charge in [-0.25, -0.2) is 9.78 Å². The fourth-order valence-corrected chi connectivity index (χ4v) is 2.59. The highest BCUT2D eigenvalue weighted by molar-refractivity contribution is 5.77. The third kappa shape index (κ3) is 2.35. The first-order chi connectivity index (χ1) is 9.65. The third-order valence-electron chi connectivity index (χ3n) is 4.00. The van der Waals surface area contributed by atoms with Crippen LogP contribution < -0.4 is 10.6 Å². The Hall–Kier alpha value is -2.04. The molecule has 0 spiro atoms. The quantitative estimate of drug-likeness (QED) is 0.902. The molecule has 1 saturated carbocycles. The summed E-state index contributed by atoms with van der Waals surface area (Å²) in [6.45, 7) is 1.96. The summed E-state index contributed by atoms with van der Waals surface area (Å²) in [5.74, 6) is 0.870. The molecule has 1 atom stereocenters. The molecule has 3 rings (SSSR count). The zero-order chi connectivity index (χ0) is 14.1. The van der Waals surface area contributed by atoms with Crippen LogP contribution in [0.1, 0.15) is 38.1 Å². The fourth-order valence-electron chi connectivity index (χ4n) is 2.59. The molecule has 20 heavy (non-hydrogen) atoms. The van der Waals surface area contributed by atoms with Crippen molar-refractivity contribution in [3.63, 3.8) is 0 Å². The molecular weight excluding hydrogens is 252 g/mol. The molecule has 2 aromatic rings. The summed E-state index contributed by atoms with van der Waals surface area (Å²) in [5.41, 5.74) is 2.04. The van der Waals surface area contributed by atoms with E-state index in [1.165, 1.54) is 6.42 Å². The molecule has 1 aromatic carbocycles. The van der Waals surface area contributed by atoms with Crippen LogP contribution in [0.4, 0.5) is 4.79 Å². The lowest BCUT2D eigenvalue weighted by Gasteiger charge is -2.27. The van der Waals surface area contributed by atoms with E-state index < -0.39 is 0 Å². The number of para-hydroxylation sites is 2. The Morgan fingerprint density at radius 3 is 2.80 bits per heavy atom. The Kier molecular flexibility index (Phi) is 3.34. The van der Waals surface area contributed by atoms with Gasteiger partial charge in [0.25, 0.3) is 0 Å². The van der Waals surface area contributed by atoms with Gasteiger partial charge in [0.2, 0.25) is 0 Å². The van der Waals surface area contributed by atoms with Crippen molar-refractivity contribution in [1.82, 2.24) is 20.2 Å². The number of rotatable bonds is 3. The molecule has 1 heterocycles. The monoisotopic (exact) mass is 272 g/mol. The van der Waals surface area contributed by atoms with E-state index in [9.17, 15) is 4.79 Å². The normalized spacial score (nSPS) is 16.7. The van der Waals surface area contributed by atoms with Crippen LogP contribution in [-0.4, -0.2) is 21.6 Å². The van der Waals surface area contributed by atoms with Crippen LogP contribution in [0, 0.1) is 0 Å². The van der Waals surface area contributed by atoms with E-state index >= 15 is 0 Å². The fraction of sp³-hybridized carbons (Fsp3) is 0.467. The number of aryl methyl sites for hydroxylation is 1. The largest absolute Gasteiger partial charge is 0.335 e. The first kappa shape index (κ1) is 13.0. The molecule has 0 bridgehead atoms. The first-order valence-corrected chi connectivity index (χ1v) is 7.13.